The lowest BCUT2D eigenvalue weighted by molar-refractivity contribution is 0.532. The zero-order valence-electron chi connectivity index (χ0n) is 10.2. The Morgan fingerprint density at radius 3 is 3.00 bits per heavy atom. The van der Waals surface area contributed by atoms with Crippen LogP contribution in [0, 0.1) is 17.7 Å². The molecule has 2 nitrogen and oxygen atoms in total. The summed E-state index contributed by atoms with van der Waals surface area (Å²) in [5, 5.41) is 1.05. The van der Waals surface area contributed by atoms with Crippen LogP contribution in [0.1, 0.15) is 30.7 Å². The average Bonchev–Trinajstić information content (AvgIpc) is 2.77. The molecule has 0 spiro atoms. The normalized spacial score (nSPS) is 12.2. The molecule has 0 radical (unpaired) electrons. The first kappa shape index (κ1) is 13.0. The van der Waals surface area contributed by atoms with Crippen molar-refractivity contribution < 1.29 is 4.39 Å². The Morgan fingerprint density at radius 1 is 1.44 bits per heavy atom. The summed E-state index contributed by atoms with van der Waals surface area (Å²) in [5.74, 6) is 11.3. The van der Waals surface area contributed by atoms with Crippen LogP contribution in [-0.2, 0) is 0 Å². The second kappa shape index (κ2) is 5.96. The molecule has 1 heterocycles. The summed E-state index contributed by atoms with van der Waals surface area (Å²) in [5.41, 5.74) is 2.80. The van der Waals surface area contributed by atoms with Crippen LogP contribution in [-0.4, -0.2) is 0 Å². The quantitative estimate of drug-likeness (QED) is 0.504. The van der Waals surface area contributed by atoms with E-state index in [1.807, 2.05) is 6.92 Å². The lowest BCUT2D eigenvalue weighted by Crippen LogP contribution is -2.27. The second-order valence-corrected chi connectivity index (χ2v) is 5.13. The Morgan fingerprint density at radius 2 is 2.28 bits per heavy atom. The van der Waals surface area contributed by atoms with Gasteiger partial charge in [0.1, 0.15) is 5.82 Å². The maximum atomic E-state index is 13.1. The monoisotopic (exact) mass is 262 g/mol. The molecule has 1 aromatic heterocycles. The number of hydrogen-bond acceptors (Lipinski definition) is 3. The number of fused-ring (bicyclic) bond motifs is 1. The van der Waals surface area contributed by atoms with E-state index in [4.69, 9.17) is 5.84 Å². The van der Waals surface area contributed by atoms with Crippen LogP contribution in [0.4, 0.5) is 4.39 Å². The molecule has 2 rings (SSSR count). The van der Waals surface area contributed by atoms with Gasteiger partial charge in [-0.3, -0.25) is 11.3 Å². The van der Waals surface area contributed by atoms with E-state index in [0.29, 0.717) is 0 Å². The third-order valence-corrected chi connectivity index (χ3v) is 3.99. The molecule has 0 saturated carbocycles. The van der Waals surface area contributed by atoms with Crippen molar-refractivity contribution in [2.75, 3.05) is 0 Å². The number of hydrazine groups is 1. The average molecular weight is 262 g/mol. The molecule has 0 aliphatic rings. The van der Waals surface area contributed by atoms with Gasteiger partial charge in [0, 0.05) is 16.0 Å². The Bertz CT molecular complexity index is 595. The van der Waals surface area contributed by atoms with Crippen molar-refractivity contribution in [1.29, 1.82) is 0 Å². The van der Waals surface area contributed by atoms with E-state index in [2.05, 4.69) is 23.3 Å². The van der Waals surface area contributed by atoms with Crippen molar-refractivity contribution in [3.05, 3.63) is 35.0 Å². The Labute approximate surface area is 110 Å². The molecule has 0 saturated heterocycles. The van der Waals surface area contributed by atoms with Crippen molar-refractivity contribution >= 4 is 21.4 Å². The molecule has 0 amide bonds. The lowest BCUT2D eigenvalue weighted by atomic mass is 10.1. The Kier molecular flexibility index (Phi) is 4.32. The van der Waals surface area contributed by atoms with Crippen LogP contribution in [0.3, 0.4) is 0 Å². The summed E-state index contributed by atoms with van der Waals surface area (Å²) in [6.45, 7) is 1.83. The standard InChI is InChI=1S/C14H15FN2S/c1-2-3-4-5-12(17-16)14-8-10-6-7-11(15)9-13(10)18-14/h6-9,12,17H,4-5,16H2,1H3. The molecule has 2 aromatic rings. The number of benzene rings is 1. The second-order valence-electron chi connectivity index (χ2n) is 4.02. The molecule has 1 unspecified atom stereocenters. The summed E-state index contributed by atoms with van der Waals surface area (Å²) in [7, 11) is 0. The van der Waals surface area contributed by atoms with Crippen molar-refractivity contribution in [3.63, 3.8) is 0 Å². The van der Waals surface area contributed by atoms with Gasteiger partial charge in [-0.25, -0.2) is 4.39 Å². The molecule has 0 bridgehead atoms. The molecule has 18 heavy (non-hydrogen) atoms. The minimum Gasteiger partial charge on any atom is -0.271 e. The minimum absolute atomic E-state index is 0.0753. The van der Waals surface area contributed by atoms with Crippen LogP contribution in [0.25, 0.3) is 10.1 Å². The van der Waals surface area contributed by atoms with Gasteiger partial charge in [0.25, 0.3) is 0 Å². The first-order valence-corrected chi connectivity index (χ1v) is 6.61. The first-order valence-electron chi connectivity index (χ1n) is 5.79. The van der Waals surface area contributed by atoms with E-state index in [1.54, 1.807) is 23.5 Å². The van der Waals surface area contributed by atoms with Crippen LogP contribution >= 0.6 is 11.3 Å². The predicted octanol–water partition coefficient (Wildman–Crippen LogP) is 3.35. The maximum Gasteiger partial charge on any atom is 0.124 e. The van der Waals surface area contributed by atoms with Gasteiger partial charge >= 0.3 is 0 Å². The molecule has 1 atom stereocenters. The Hall–Kier alpha value is -1.41. The highest BCUT2D eigenvalue weighted by molar-refractivity contribution is 7.19. The zero-order chi connectivity index (χ0) is 13.0. The topological polar surface area (TPSA) is 38.0 Å². The highest BCUT2D eigenvalue weighted by Gasteiger charge is 2.12. The molecular weight excluding hydrogens is 247 g/mol. The first-order chi connectivity index (χ1) is 8.74. The molecular formula is C14H15FN2S. The fraction of sp³-hybridized carbons (Fsp3) is 0.286. The predicted molar refractivity (Wildman–Crippen MR) is 74.5 cm³/mol. The van der Waals surface area contributed by atoms with Gasteiger partial charge in [-0.2, -0.15) is 0 Å². The molecule has 4 heteroatoms. The van der Waals surface area contributed by atoms with Crippen LogP contribution in [0.5, 0.6) is 0 Å². The van der Waals surface area contributed by atoms with Crippen molar-refractivity contribution in [1.82, 2.24) is 5.43 Å². The van der Waals surface area contributed by atoms with Gasteiger partial charge in [0.15, 0.2) is 0 Å². The molecule has 94 valence electrons. The fourth-order valence-corrected chi connectivity index (χ4v) is 3.03. The highest BCUT2D eigenvalue weighted by Crippen LogP contribution is 2.31. The summed E-state index contributed by atoms with van der Waals surface area (Å²) >= 11 is 1.57. The van der Waals surface area contributed by atoms with E-state index in [-0.39, 0.29) is 11.9 Å². The number of hydrogen-bond donors (Lipinski definition) is 2. The third kappa shape index (κ3) is 2.88. The van der Waals surface area contributed by atoms with Crippen molar-refractivity contribution in [2.45, 2.75) is 25.8 Å². The molecule has 0 aliphatic heterocycles. The van der Waals surface area contributed by atoms with Gasteiger partial charge in [-0.15, -0.1) is 23.2 Å². The fourth-order valence-electron chi connectivity index (χ4n) is 1.85. The van der Waals surface area contributed by atoms with Gasteiger partial charge in [0.05, 0.1) is 6.04 Å². The highest BCUT2D eigenvalue weighted by atomic mass is 32.1. The number of halogens is 1. The SMILES string of the molecule is CC#CCCC(NN)c1cc2ccc(F)cc2s1. The maximum absolute atomic E-state index is 13.1. The van der Waals surface area contributed by atoms with Gasteiger partial charge in [-0.1, -0.05) is 6.07 Å². The third-order valence-electron chi connectivity index (χ3n) is 2.78. The smallest absolute Gasteiger partial charge is 0.124 e. The number of rotatable bonds is 4. The summed E-state index contributed by atoms with van der Waals surface area (Å²) in [6, 6.07) is 6.97. The van der Waals surface area contributed by atoms with E-state index in [0.717, 1.165) is 27.8 Å². The molecule has 0 aliphatic carbocycles. The van der Waals surface area contributed by atoms with Crippen molar-refractivity contribution in [3.8, 4) is 11.8 Å². The number of thiophene rings is 1. The van der Waals surface area contributed by atoms with Gasteiger partial charge in [-0.05, 0) is 36.9 Å². The van der Waals surface area contributed by atoms with E-state index < -0.39 is 0 Å². The summed E-state index contributed by atoms with van der Waals surface area (Å²) in [6.07, 6.45) is 1.65. The molecule has 0 fully saturated rings. The zero-order valence-corrected chi connectivity index (χ0v) is 11.0. The van der Waals surface area contributed by atoms with E-state index >= 15 is 0 Å². The molecule has 3 N–H and O–H groups in total. The minimum atomic E-state index is -0.204. The lowest BCUT2D eigenvalue weighted by Gasteiger charge is -2.11. The van der Waals surface area contributed by atoms with Gasteiger partial charge < -0.3 is 0 Å². The summed E-state index contributed by atoms with van der Waals surface area (Å²) < 4.78 is 14.1. The largest absolute Gasteiger partial charge is 0.271 e. The summed E-state index contributed by atoms with van der Waals surface area (Å²) in [4.78, 5) is 1.12. The number of nitrogens with two attached hydrogens (primary N) is 1. The van der Waals surface area contributed by atoms with E-state index in [1.165, 1.54) is 6.07 Å². The van der Waals surface area contributed by atoms with Gasteiger partial charge in [0.2, 0.25) is 0 Å². The van der Waals surface area contributed by atoms with Crippen molar-refractivity contribution in [2.24, 2.45) is 5.84 Å². The number of nitrogens with one attached hydrogen (secondary N) is 1. The van der Waals surface area contributed by atoms with Crippen LogP contribution in [0.15, 0.2) is 24.3 Å². The van der Waals surface area contributed by atoms with Crippen LogP contribution in [0.2, 0.25) is 0 Å². The Balaban J connectivity index is 2.24. The molecule has 1 aromatic carbocycles. The van der Waals surface area contributed by atoms with E-state index in [9.17, 15) is 4.39 Å². The van der Waals surface area contributed by atoms with Crippen LogP contribution < -0.4 is 11.3 Å².